The van der Waals surface area contributed by atoms with Crippen molar-refractivity contribution >= 4 is 27.0 Å². The van der Waals surface area contributed by atoms with Crippen LogP contribution in [0.1, 0.15) is 12.8 Å². The lowest BCUT2D eigenvalue weighted by Crippen LogP contribution is -2.46. The number of rotatable bonds is 4. The number of imidazole rings is 1. The van der Waals surface area contributed by atoms with Gasteiger partial charge in [0.2, 0.25) is 5.95 Å². The summed E-state index contributed by atoms with van der Waals surface area (Å²) in [5, 5.41) is 3.29. The highest BCUT2D eigenvalue weighted by Crippen LogP contribution is 2.29. The zero-order chi connectivity index (χ0) is 17.3. The number of hydrogen-bond donors (Lipinski definition) is 2. The number of hydrogen-bond acceptors (Lipinski definition) is 4. The topological polar surface area (TPSA) is 78.1 Å². The summed E-state index contributed by atoms with van der Waals surface area (Å²) in [6, 6.07) is 16.0. The predicted molar refractivity (Wildman–Crippen MR) is 98.1 cm³/mol. The number of H-pyrrole nitrogens is 1. The molecule has 1 fully saturated rings. The fourth-order valence-corrected chi connectivity index (χ4v) is 4.92. The van der Waals surface area contributed by atoms with Gasteiger partial charge in [-0.05, 0) is 50.2 Å². The number of aromatic nitrogens is 2. The van der Waals surface area contributed by atoms with Crippen LogP contribution in [0.15, 0.2) is 59.5 Å². The fourth-order valence-electron chi connectivity index (χ4n) is 3.27. The Balaban J connectivity index is 1.84. The molecule has 1 saturated heterocycles. The summed E-state index contributed by atoms with van der Waals surface area (Å²) < 4.78 is 28.2. The molecular formula is C18H20N4O2S. The van der Waals surface area contributed by atoms with E-state index in [1.165, 1.54) is 4.31 Å². The summed E-state index contributed by atoms with van der Waals surface area (Å²) >= 11 is 0. The molecule has 1 aliphatic rings. The molecule has 2 N–H and O–H groups in total. The van der Waals surface area contributed by atoms with Gasteiger partial charge in [0.25, 0.3) is 10.0 Å². The van der Waals surface area contributed by atoms with E-state index in [4.69, 9.17) is 0 Å². The predicted octanol–water partition coefficient (Wildman–Crippen LogP) is 2.51. The molecule has 0 aliphatic carbocycles. The summed E-state index contributed by atoms with van der Waals surface area (Å²) in [7, 11) is -3.69. The fraction of sp³-hybridized carbons (Fsp3) is 0.278. The Morgan fingerprint density at radius 3 is 2.36 bits per heavy atom. The van der Waals surface area contributed by atoms with Crippen molar-refractivity contribution in [3.05, 3.63) is 54.6 Å². The lowest BCUT2D eigenvalue weighted by molar-refractivity contribution is 0.451. The first-order chi connectivity index (χ1) is 12.2. The van der Waals surface area contributed by atoms with Crippen LogP contribution in [0.4, 0.5) is 5.95 Å². The standard InChI is InChI=1S/C18H20N4O2S/c23-25(24,15-6-2-1-3-7-15)22(14-10-12-19-13-11-14)18-20-16-8-4-5-9-17(16)21-18/h1-9,14,19H,10-13H2,(H,20,21). The summed E-state index contributed by atoms with van der Waals surface area (Å²) in [5.41, 5.74) is 1.60. The lowest BCUT2D eigenvalue weighted by atomic mass is 10.1. The van der Waals surface area contributed by atoms with E-state index < -0.39 is 10.0 Å². The molecule has 6 nitrogen and oxygen atoms in total. The highest BCUT2D eigenvalue weighted by atomic mass is 32.2. The third-order valence-corrected chi connectivity index (χ3v) is 6.38. The Kier molecular flexibility index (Phi) is 4.19. The molecule has 1 aliphatic heterocycles. The minimum absolute atomic E-state index is 0.119. The number of anilines is 1. The molecule has 0 atom stereocenters. The maximum atomic E-state index is 13.4. The molecule has 25 heavy (non-hydrogen) atoms. The van der Waals surface area contributed by atoms with E-state index >= 15 is 0 Å². The van der Waals surface area contributed by atoms with Gasteiger partial charge in [-0.1, -0.05) is 30.3 Å². The Labute approximate surface area is 146 Å². The van der Waals surface area contributed by atoms with Crippen molar-refractivity contribution in [3.63, 3.8) is 0 Å². The zero-order valence-electron chi connectivity index (χ0n) is 13.7. The van der Waals surface area contributed by atoms with E-state index in [1.807, 2.05) is 30.3 Å². The summed E-state index contributed by atoms with van der Waals surface area (Å²) in [6.07, 6.45) is 1.51. The van der Waals surface area contributed by atoms with Gasteiger partial charge in [-0.2, -0.15) is 0 Å². The van der Waals surface area contributed by atoms with Crippen LogP contribution in [0.25, 0.3) is 11.0 Å². The molecule has 0 radical (unpaired) electrons. The van der Waals surface area contributed by atoms with Gasteiger partial charge >= 0.3 is 0 Å². The molecule has 0 saturated carbocycles. The quantitative estimate of drug-likeness (QED) is 0.753. The van der Waals surface area contributed by atoms with E-state index in [2.05, 4.69) is 15.3 Å². The van der Waals surface area contributed by atoms with Crippen molar-refractivity contribution in [2.24, 2.45) is 0 Å². The maximum absolute atomic E-state index is 13.4. The Morgan fingerprint density at radius 1 is 0.960 bits per heavy atom. The smallest absolute Gasteiger partial charge is 0.266 e. The number of benzene rings is 2. The van der Waals surface area contributed by atoms with Gasteiger partial charge in [0.1, 0.15) is 0 Å². The van der Waals surface area contributed by atoms with Crippen LogP contribution in [0.3, 0.4) is 0 Å². The first kappa shape index (κ1) is 16.1. The lowest BCUT2D eigenvalue weighted by Gasteiger charge is -2.33. The molecule has 2 aromatic carbocycles. The average Bonchev–Trinajstić information content (AvgIpc) is 3.06. The normalized spacial score (nSPS) is 16.2. The maximum Gasteiger partial charge on any atom is 0.266 e. The van der Waals surface area contributed by atoms with Gasteiger partial charge in [0.15, 0.2) is 0 Å². The highest BCUT2D eigenvalue weighted by molar-refractivity contribution is 7.92. The van der Waals surface area contributed by atoms with Crippen molar-refractivity contribution in [2.45, 2.75) is 23.8 Å². The van der Waals surface area contributed by atoms with Gasteiger partial charge in [-0.15, -0.1) is 0 Å². The van der Waals surface area contributed by atoms with Gasteiger partial charge < -0.3 is 10.3 Å². The number of fused-ring (bicyclic) bond motifs is 1. The monoisotopic (exact) mass is 356 g/mol. The molecule has 0 bridgehead atoms. The molecule has 130 valence electrons. The third kappa shape index (κ3) is 3.01. The van der Waals surface area contributed by atoms with Crippen molar-refractivity contribution in [1.29, 1.82) is 0 Å². The van der Waals surface area contributed by atoms with Crippen LogP contribution in [-0.4, -0.2) is 37.5 Å². The Morgan fingerprint density at radius 2 is 1.64 bits per heavy atom. The second-order valence-corrected chi connectivity index (χ2v) is 7.99. The number of aromatic amines is 1. The SMILES string of the molecule is O=S(=O)(c1ccccc1)N(c1nc2ccccc2[nH]1)C1CCNCC1. The van der Waals surface area contributed by atoms with Crippen LogP contribution in [0, 0.1) is 0 Å². The molecule has 0 spiro atoms. The molecule has 7 heteroatoms. The van der Waals surface area contributed by atoms with E-state index in [1.54, 1.807) is 24.3 Å². The molecule has 1 aromatic heterocycles. The number of para-hydroxylation sites is 2. The van der Waals surface area contributed by atoms with Gasteiger partial charge in [0.05, 0.1) is 22.0 Å². The van der Waals surface area contributed by atoms with Crippen LogP contribution >= 0.6 is 0 Å². The minimum Gasteiger partial charge on any atom is -0.323 e. The van der Waals surface area contributed by atoms with Gasteiger partial charge in [-0.3, -0.25) is 0 Å². The van der Waals surface area contributed by atoms with E-state index in [-0.39, 0.29) is 10.9 Å². The molecular weight excluding hydrogens is 336 g/mol. The third-order valence-electron chi connectivity index (χ3n) is 4.53. The first-order valence-electron chi connectivity index (χ1n) is 8.41. The number of nitrogens with one attached hydrogen (secondary N) is 2. The van der Waals surface area contributed by atoms with Crippen LogP contribution in [-0.2, 0) is 10.0 Å². The molecule has 4 rings (SSSR count). The van der Waals surface area contributed by atoms with E-state index in [0.717, 1.165) is 37.0 Å². The van der Waals surface area contributed by atoms with Crippen molar-refractivity contribution in [1.82, 2.24) is 15.3 Å². The van der Waals surface area contributed by atoms with Crippen molar-refractivity contribution in [2.75, 3.05) is 17.4 Å². The summed E-state index contributed by atoms with van der Waals surface area (Å²) in [5.74, 6) is 0.386. The van der Waals surface area contributed by atoms with Crippen molar-refractivity contribution in [3.8, 4) is 0 Å². The van der Waals surface area contributed by atoms with E-state index in [9.17, 15) is 8.42 Å². The Bertz CT molecular complexity index is 930. The van der Waals surface area contributed by atoms with Crippen molar-refractivity contribution < 1.29 is 8.42 Å². The summed E-state index contributed by atoms with van der Waals surface area (Å²) in [4.78, 5) is 8.02. The van der Waals surface area contributed by atoms with Crippen LogP contribution < -0.4 is 9.62 Å². The number of sulfonamides is 1. The molecule has 2 heterocycles. The molecule has 0 unspecified atom stereocenters. The number of piperidine rings is 1. The Hall–Kier alpha value is -2.38. The largest absolute Gasteiger partial charge is 0.323 e. The second-order valence-electron chi connectivity index (χ2n) is 6.17. The zero-order valence-corrected chi connectivity index (χ0v) is 14.5. The molecule has 0 amide bonds. The van der Waals surface area contributed by atoms with Gasteiger partial charge in [-0.25, -0.2) is 17.7 Å². The van der Waals surface area contributed by atoms with E-state index in [0.29, 0.717) is 5.95 Å². The molecule has 3 aromatic rings. The van der Waals surface area contributed by atoms with Crippen LogP contribution in [0.2, 0.25) is 0 Å². The van der Waals surface area contributed by atoms with Gasteiger partial charge in [0, 0.05) is 0 Å². The highest BCUT2D eigenvalue weighted by Gasteiger charge is 2.34. The van der Waals surface area contributed by atoms with Crippen LogP contribution in [0.5, 0.6) is 0 Å². The first-order valence-corrected chi connectivity index (χ1v) is 9.85. The average molecular weight is 356 g/mol. The minimum atomic E-state index is -3.69. The second kappa shape index (κ2) is 6.50. The number of nitrogens with zero attached hydrogens (tertiary/aromatic N) is 2. The summed E-state index contributed by atoms with van der Waals surface area (Å²) in [6.45, 7) is 1.59.